The predicted octanol–water partition coefficient (Wildman–Crippen LogP) is 2.35. The lowest BCUT2D eigenvalue weighted by atomic mass is 9.93. The number of piperidine rings is 1. The van der Waals surface area contributed by atoms with Crippen LogP contribution in [-0.4, -0.2) is 38.1 Å². The minimum Gasteiger partial charge on any atom is -0.317 e. The lowest BCUT2D eigenvalue weighted by molar-refractivity contribution is 0.280. The fraction of sp³-hybridized carbons (Fsp3) is 1.00. The Morgan fingerprint density at radius 2 is 1.94 bits per heavy atom. The van der Waals surface area contributed by atoms with E-state index in [0.717, 1.165) is 17.8 Å². The van der Waals surface area contributed by atoms with Gasteiger partial charge in [-0.1, -0.05) is 6.92 Å². The van der Waals surface area contributed by atoms with Crippen molar-refractivity contribution in [3.63, 3.8) is 0 Å². The van der Waals surface area contributed by atoms with Crippen molar-refractivity contribution in [2.24, 2.45) is 17.8 Å². The van der Waals surface area contributed by atoms with Gasteiger partial charge in [-0.3, -0.25) is 0 Å². The minimum atomic E-state index is 1.01. The molecule has 0 spiro atoms. The van der Waals surface area contributed by atoms with Gasteiger partial charge in [-0.25, -0.2) is 0 Å². The summed E-state index contributed by atoms with van der Waals surface area (Å²) in [5, 5.41) is 3.44. The van der Waals surface area contributed by atoms with Gasteiger partial charge < -0.3 is 10.2 Å². The highest BCUT2D eigenvalue weighted by Crippen LogP contribution is 2.37. The van der Waals surface area contributed by atoms with Crippen LogP contribution in [0.5, 0.6) is 0 Å². The van der Waals surface area contributed by atoms with Gasteiger partial charge in [0.1, 0.15) is 0 Å². The van der Waals surface area contributed by atoms with E-state index in [4.69, 9.17) is 0 Å². The van der Waals surface area contributed by atoms with E-state index in [1.807, 2.05) is 0 Å². The highest BCUT2D eigenvalue weighted by molar-refractivity contribution is 4.84. The van der Waals surface area contributed by atoms with Gasteiger partial charge in [-0.05, 0) is 76.5 Å². The second-order valence-electron chi connectivity index (χ2n) is 6.07. The van der Waals surface area contributed by atoms with Crippen molar-refractivity contribution in [1.82, 2.24) is 10.2 Å². The zero-order valence-corrected chi connectivity index (χ0v) is 11.0. The number of hydrogen-bond acceptors (Lipinski definition) is 2. The molecule has 1 N–H and O–H groups in total. The zero-order chi connectivity index (χ0) is 11.4. The SMILES string of the molecule is CC1CC1CN(C)CCCC1CCNCC1. The second-order valence-corrected chi connectivity index (χ2v) is 6.07. The van der Waals surface area contributed by atoms with Gasteiger partial charge in [0, 0.05) is 6.54 Å². The second kappa shape index (κ2) is 6.02. The molecule has 2 heteroatoms. The van der Waals surface area contributed by atoms with Crippen molar-refractivity contribution in [2.45, 2.75) is 39.0 Å². The molecule has 94 valence electrons. The van der Waals surface area contributed by atoms with E-state index in [-0.39, 0.29) is 0 Å². The van der Waals surface area contributed by atoms with Crippen molar-refractivity contribution in [3.8, 4) is 0 Å². The van der Waals surface area contributed by atoms with Crippen LogP contribution in [0.4, 0.5) is 0 Å². The van der Waals surface area contributed by atoms with Gasteiger partial charge in [-0.2, -0.15) is 0 Å². The van der Waals surface area contributed by atoms with Crippen LogP contribution in [-0.2, 0) is 0 Å². The first kappa shape index (κ1) is 12.4. The number of rotatable bonds is 6. The summed E-state index contributed by atoms with van der Waals surface area (Å²) in [6.45, 7) is 7.54. The minimum absolute atomic E-state index is 1.01. The molecule has 2 fully saturated rings. The normalized spacial score (nSPS) is 30.9. The Morgan fingerprint density at radius 1 is 1.25 bits per heavy atom. The van der Waals surface area contributed by atoms with Crippen LogP contribution in [0, 0.1) is 17.8 Å². The Balaban J connectivity index is 1.49. The van der Waals surface area contributed by atoms with Crippen LogP contribution < -0.4 is 5.32 Å². The molecule has 0 bridgehead atoms. The third kappa shape index (κ3) is 4.06. The smallest absolute Gasteiger partial charge is 0.000926 e. The molecule has 1 aliphatic carbocycles. The average molecular weight is 224 g/mol. The number of hydrogen-bond donors (Lipinski definition) is 1. The molecule has 2 unspecified atom stereocenters. The molecule has 0 aromatic heterocycles. The Kier molecular flexibility index (Phi) is 4.66. The molecular weight excluding hydrogens is 196 g/mol. The van der Waals surface area contributed by atoms with Gasteiger partial charge in [0.25, 0.3) is 0 Å². The van der Waals surface area contributed by atoms with E-state index in [0.29, 0.717) is 0 Å². The van der Waals surface area contributed by atoms with E-state index in [1.165, 1.54) is 58.3 Å². The van der Waals surface area contributed by atoms with Crippen LogP contribution in [0.3, 0.4) is 0 Å². The van der Waals surface area contributed by atoms with Gasteiger partial charge >= 0.3 is 0 Å². The zero-order valence-electron chi connectivity index (χ0n) is 11.0. The maximum Gasteiger partial charge on any atom is 0.000926 e. The molecule has 1 aliphatic heterocycles. The van der Waals surface area contributed by atoms with E-state index >= 15 is 0 Å². The molecule has 0 radical (unpaired) electrons. The first-order valence-corrected chi connectivity index (χ1v) is 7.15. The first-order valence-electron chi connectivity index (χ1n) is 7.15. The Labute approximate surface area is 101 Å². The molecule has 0 amide bonds. The Bertz CT molecular complexity index is 199. The maximum absolute atomic E-state index is 3.44. The third-order valence-electron chi connectivity index (χ3n) is 4.43. The summed E-state index contributed by atoms with van der Waals surface area (Å²) in [6.07, 6.45) is 7.14. The monoisotopic (exact) mass is 224 g/mol. The van der Waals surface area contributed by atoms with E-state index in [9.17, 15) is 0 Å². The number of nitrogens with one attached hydrogen (secondary N) is 1. The summed E-state index contributed by atoms with van der Waals surface area (Å²) < 4.78 is 0. The molecule has 1 saturated heterocycles. The Hall–Kier alpha value is -0.0800. The third-order valence-corrected chi connectivity index (χ3v) is 4.43. The summed E-state index contributed by atoms with van der Waals surface area (Å²) in [6, 6.07) is 0. The Morgan fingerprint density at radius 3 is 2.56 bits per heavy atom. The summed E-state index contributed by atoms with van der Waals surface area (Å²) >= 11 is 0. The highest BCUT2D eigenvalue weighted by Gasteiger charge is 2.32. The topological polar surface area (TPSA) is 15.3 Å². The quantitative estimate of drug-likeness (QED) is 0.745. The number of nitrogens with zero attached hydrogens (tertiary/aromatic N) is 1. The molecule has 2 aliphatic rings. The van der Waals surface area contributed by atoms with Gasteiger partial charge in [0.15, 0.2) is 0 Å². The highest BCUT2D eigenvalue weighted by atomic mass is 15.1. The lowest BCUT2D eigenvalue weighted by Crippen LogP contribution is -2.28. The molecule has 0 aromatic carbocycles. The molecule has 16 heavy (non-hydrogen) atoms. The van der Waals surface area contributed by atoms with E-state index < -0.39 is 0 Å². The van der Waals surface area contributed by atoms with Crippen molar-refractivity contribution in [1.29, 1.82) is 0 Å². The van der Waals surface area contributed by atoms with Crippen LogP contribution in [0.1, 0.15) is 39.0 Å². The molecule has 1 heterocycles. The van der Waals surface area contributed by atoms with Crippen LogP contribution in [0.2, 0.25) is 0 Å². The van der Waals surface area contributed by atoms with Crippen molar-refractivity contribution < 1.29 is 0 Å². The summed E-state index contributed by atoms with van der Waals surface area (Å²) in [5.41, 5.74) is 0. The molecule has 2 atom stereocenters. The fourth-order valence-corrected chi connectivity index (χ4v) is 2.97. The molecule has 0 aromatic rings. The maximum atomic E-state index is 3.44. The van der Waals surface area contributed by atoms with Crippen LogP contribution in [0.15, 0.2) is 0 Å². The van der Waals surface area contributed by atoms with Crippen LogP contribution >= 0.6 is 0 Å². The molecule has 1 saturated carbocycles. The van der Waals surface area contributed by atoms with Crippen molar-refractivity contribution >= 4 is 0 Å². The van der Waals surface area contributed by atoms with Crippen molar-refractivity contribution in [3.05, 3.63) is 0 Å². The standard InChI is InChI=1S/C14H28N2/c1-12-10-14(12)11-16(2)9-3-4-13-5-7-15-8-6-13/h12-15H,3-11H2,1-2H3. The lowest BCUT2D eigenvalue weighted by Gasteiger charge is -2.23. The van der Waals surface area contributed by atoms with Crippen LogP contribution in [0.25, 0.3) is 0 Å². The summed E-state index contributed by atoms with van der Waals surface area (Å²) in [4.78, 5) is 2.55. The first-order chi connectivity index (χ1) is 7.75. The van der Waals surface area contributed by atoms with Gasteiger partial charge in [0.2, 0.25) is 0 Å². The molecular formula is C14H28N2. The molecule has 2 nitrogen and oxygen atoms in total. The van der Waals surface area contributed by atoms with E-state index in [2.05, 4.69) is 24.2 Å². The molecule has 2 rings (SSSR count). The summed E-state index contributed by atoms with van der Waals surface area (Å²) in [5.74, 6) is 3.03. The largest absolute Gasteiger partial charge is 0.317 e. The van der Waals surface area contributed by atoms with Crippen molar-refractivity contribution in [2.75, 3.05) is 33.2 Å². The van der Waals surface area contributed by atoms with E-state index in [1.54, 1.807) is 0 Å². The fourth-order valence-electron chi connectivity index (χ4n) is 2.97. The van der Waals surface area contributed by atoms with Gasteiger partial charge in [-0.15, -0.1) is 0 Å². The summed E-state index contributed by atoms with van der Waals surface area (Å²) in [7, 11) is 2.30. The predicted molar refractivity (Wildman–Crippen MR) is 69.6 cm³/mol. The van der Waals surface area contributed by atoms with Gasteiger partial charge in [0.05, 0.1) is 0 Å². The average Bonchev–Trinajstić information content (AvgIpc) is 2.95.